The third-order valence-corrected chi connectivity index (χ3v) is 2.68. The topological polar surface area (TPSA) is 62.7 Å². The van der Waals surface area contributed by atoms with Crippen LogP contribution in [-0.2, 0) is 0 Å². The Morgan fingerprint density at radius 1 is 1.33 bits per heavy atom. The molecule has 94 valence electrons. The van der Waals surface area contributed by atoms with Gasteiger partial charge in [0.1, 0.15) is 0 Å². The average Bonchev–Trinajstić information content (AvgIpc) is 2.37. The monoisotopic (exact) mass is 307 g/mol. The van der Waals surface area contributed by atoms with Crippen molar-refractivity contribution >= 4 is 33.4 Å². The number of rotatable bonds is 5. The van der Waals surface area contributed by atoms with Crippen molar-refractivity contribution in [2.45, 2.75) is 13.3 Å². The van der Waals surface area contributed by atoms with Crippen molar-refractivity contribution in [3.05, 3.63) is 34.9 Å². The minimum atomic E-state index is 0.539. The minimum absolute atomic E-state index is 0.539. The summed E-state index contributed by atoms with van der Waals surface area (Å²) in [4.78, 5) is 4.32. The van der Waals surface area contributed by atoms with Gasteiger partial charge in [0.2, 0.25) is 5.95 Å². The molecule has 2 aromatic rings. The molecule has 2 N–H and O–H groups in total. The molecule has 0 aliphatic carbocycles. The van der Waals surface area contributed by atoms with Crippen LogP contribution in [-0.4, -0.2) is 21.7 Å². The van der Waals surface area contributed by atoms with Crippen LogP contribution in [0.2, 0.25) is 0 Å². The first-order chi connectivity index (χ1) is 8.78. The quantitative estimate of drug-likeness (QED) is 0.888. The van der Waals surface area contributed by atoms with Crippen LogP contribution in [0.15, 0.2) is 34.9 Å². The van der Waals surface area contributed by atoms with E-state index in [0.717, 1.165) is 23.1 Å². The summed E-state index contributed by atoms with van der Waals surface area (Å²) in [5.74, 6) is 1.21. The Morgan fingerprint density at radius 2 is 2.22 bits per heavy atom. The highest BCUT2D eigenvalue weighted by Crippen LogP contribution is 2.19. The molecule has 0 saturated heterocycles. The van der Waals surface area contributed by atoms with E-state index in [4.69, 9.17) is 0 Å². The first-order valence-electron chi connectivity index (χ1n) is 5.74. The van der Waals surface area contributed by atoms with Crippen molar-refractivity contribution in [3.8, 4) is 0 Å². The van der Waals surface area contributed by atoms with E-state index in [9.17, 15) is 0 Å². The third kappa shape index (κ3) is 3.66. The van der Waals surface area contributed by atoms with Gasteiger partial charge < -0.3 is 10.6 Å². The van der Waals surface area contributed by atoms with Gasteiger partial charge in [0.15, 0.2) is 5.82 Å². The van der Waals surface area contributed by atoms with Gasteiger partial charge in [0.25, 0.3) is 0 Å². The Bertz CT molecular complexity index is 517. The van der Waals surface area contributed by atoms with Crippen molar-refractivity contribution in [1.82, 2.24) is 15.2 Å². The maximum Gasteiger partial charge on any atom is 0.244 e. The molecule has 1 aromatic heterocycles. The number of nitrogens with one attached hydrogen (secondary N) is 2. The van der Waals surface area contributed by atoms with Gasteiger partial charge in [0, 0.05) is 16.7 Å². The van der Waals surface area contributed by atoms with E-state index >= 15 is 0 Å². The molecule has 0 amide bonds. The van der Waals surface area contributed by atoms with Crippen LogP contribution >= 0.6 is 15.9 Å². The molecule has 0 atom stereocenters. The highest BCUT2D eigenvalue weighted by Gasteiger charge is 2.00. The second-order valence-electron chi connectivity index (χ2n) is 3.73. The largest absolute Gasteiger partial charge is 0.353 e. The van der Waals surface area contributed by atoms with Crippen molar-refractivity contribution in [3.63, 3.8) is 0 Å². The van der Waals surface area contributed by atoms with E-state index in [1.54, 1.807) is 6.20 Å². The molecule has 0 spiro atoms. The summed E-state index contributed by atoms with van der Waals surface area (Å²) < 4.78 is 1.01. The molecule has 0 unspecified atom stereocenters. The first kappa shape index (κ1) is 12.8. The van der Waals surface area contributed by atoms with Crippen molar-refractivity contribution < 1.29 is 0 Å². The SMILES string of the molecule is CCCNc1nncc(Nc2cccc(Br)c2)n1. The molecular weight excluding hydrogens is 294 g/mol. The zero-order valence-corrected chi connectivity index (χ0v) is 11.6. The van der Waals surface area contributed by atoms with E-state index in [1.165, 1.54) is 0 Å². The minimum Gasteiger partial charge on any atom is -0.353 e. The zero-order valence-electron chi connectivity index (χ0n) is 10.0. The Hall–Kier alpha value is -1.69. The van der Waals surface area contributed by atoms with E-state index in [0.29, 0.717) is 11.8 Å². The first-order valence-corrected chi connectivity index (χ1v) is 6.53. The smallest absolute Gasteiger partial charge is 0.244 e. The highest BCUT2D eigenvalue weighted by molar-refractivity contribution is 9.10. The molecule has 18 heavy (non-hydrogen) atoms. The standard InChI is InChI=1S/C12H14BrN5/c1-2-6-14-12-17-11(8-15-18-12)16-10-5-3-4-9(13)7-10/h3-5,7-8H,2,6H2,1H3,(H2,14,16,17,18). The Balaban J connectivity index is 2.09. The summed E-state index contributed by atoms with van der Waals surface area (Å²) in [5, 5.41) is 14.1. The Morgan fingerprint density at radius 3 is 3.00 bits per heavy atom. The van der Waals surface area contributed by atoms with Crippen LogP contribution in [0.4, 0.5) is 17.5 Å². The average molecular weight is 308 g/mol. The summed E-state index contributed by atoms with van der Waals surface area (Å²) >= 11 is 3.42. The predicted molar refractivity (Wildman–Crippen MR) is 76.0 cm³/mol. The number of hydrogen-bond acceptors (Lipinski definition) is 5. The van der Waals surface area contributed by atoms with Gasteiger partial charge >= 0.3 is 0 Å². The lowest BCUT2D eigenvalue weighted by molar-refractivity contribution is 0.913. The molecule has 6 heteroatoms. The summed E-state index contributed by atoms with van der Waals surface area (Å²) in [5.41, 5.74) is 0.950. The molecule has 1 aromatic carbocycles. The van der Waals surface area contributed by atoms with Crippen LogP contribution in [0.1, 0.15) is 13.3 Å². The maximum atomic E-state index is 4.32. The van der Waals surface area contributed by atoms with Crippen molar-refractivity contribution in [2.24, 2.45) is 0 Å². The van der Waals surface area contributed by atoms with E-state index in [-0.39, 0.29) is 0 Å². The fourth-order valence-electron chi connectivity index (χ4n) is 1.39. The number of benzene rings is 1. The molecule has 0 aliphatic rings. The Kier molecular flexibility index (Phi) is 4.46. The normalized spacial score (nSPS) is 10.1. The Labute approximate surface area is 114 Å². The molecule has 0 radical (unpaired) electrons. The summed E-state index contributed by atoms with van der Waals surface area (Å²) in [7, 11) is 0. The van der Waals surface area contributed by atoms with Gasteiger partial charge in [-0.15, -0.1) is 5.10 Å². The second kappa shape index (κ2) is 6.30. The van der Waals surface area contributed by atoms with Gasteiger partial charge in [0.05, 0.1) is 6.20 Å². The van der Waals surface area contributed by atoms with E-state index in [1.807, 2.05) is 24.3 Å². The van der Waals surface area contributed by atoms with Gasteiger partial charge in [-0.2, -0.15) is 10.1 Å². The summed E-state index contributed by atoms with van der Waals surface area (Å²) in [6, 6.07) is 7.86. The van der Waals surface area contributed by atoms with Crippen LogP contribution in [0.25, 0.3) is 0 Å². The van der Waals surface area contributed by atoms with Crippen LogP contribution in [0.5, 0.6) is 0 Å². The van der Waals surface area contributed by atoms with Crippen LogP contribution in [0.3, 0.4) is 0 Å². The molecule has 1 heterocycles. The van der Waals surface area contributed by atoms with Crippen molar-refractivity contribution in [2.75, 3.05) is 17.2 Å². The lowest BCUT2D eigenvalue weighted by Crippen LogP contribution is -2.06. The summed E-state index contributed by atoms with van der Waals surface area (Å²) in [6.07, 6.45) is 2.62. The van der Waals surface area contributed by atoms with E-state index in [2.05, 4.69) is 48.7 Å². The van der Waals surface area contributed by atoms with Gasteiger partial charge in [-0.1, -0.05) is 28.9 Å². The summed E-state index contributed by atoms with van der Waals surface area (Å²) in [6.45, 7) is 2.92. The van der Waals surface area contributed by atoms with E-state index < -0.39 is 0 Å². The molecule has 0 aliphatic heterocycles. The molecule has 0 bridgehead atoms. The molecule has 2 rings (SSSR count). The van der Waals surface area contributed by atoms with Gasteiger partial charge in [-0.05, 0) is 24.6 Å². The number of aromatic nitrogens is 3. The molecule has 5 nitrogen and oxygen atoms in total. The number of hydrogen-bond donors (Lipinski definition) is 2. The fraction of sp³-hybridized carbons (Fsp3) is 0.250. The maximum absolute atomic E-state index is 4.32. The van der Waals surface area contributed by atoms with Gasteiger partial charge in [-0.25, -0.2) is 0 Å². The molecule has 0 fully saturated rings. The number of nitrogens with zero attached hydrogens (tertiary/aromatic N) is 3. The number of halogens is 1. The van der Waals surface area contributed by atoms with Crippen LogP contribution < -0.4 is 10.6 Å². The second-order valence-corrected chi connectivity index (χ2v) is 4.64. The lowest BCUT2D eigenvalue weighted by Gasteiger charge is -2.07. The van der Waals surface area contributed by atoms with Crippen molar-refractivity contribution in [1.29, 1.82) is 0 Å². The number of anilines is 3. The highest BCUT2D eigenvalue weighted by atomic mass is 79.9. The predicted octanol–water partition coefficient (Wildman–Crippen LogP) is 3.20. The van der Waals surface area contributed by atoms with Gasteiger partial charge in [-0.3, -0.25) is 0 Å². The van der Waals surface area contributed by atoms with Crippen LogP contribution in [0, 0.1) is 0 Å². The molecular formula is C12H14BrN5. The zero-order chi connectivity index (χ0) is 12.8. The lowest BCUT2D eigenvalue weighted by atomic mass is 10.3. The fourth-order valence-corrected chi connectivity index (χ4v) is 1.79. The third-order valence-electron chi connectivity index (χ3n) is 2.19. The molecule has 0 saturated carbocycles.